The molecule has 0 saturated heterocycles. The second-order valence-electron chi connectivity index (χ2n) is 6.06. The third-order valence-electron chi connectivity index (χ3n) is 3.91. The molecule has 2 aromatic carbocycles. The molecule has 0 spiro atoms. The predicted octanol–water partition coefficient (Wildman–Crippen LogP) is 4.67. The summed E-state index contributed by atoms with van der Waals surface area (Å²) >= 11 is 0. The van der Waals surface area contributed by atoms with Gasteiger partial charge in [0.2, 0.25) is 0 Å². The van der Waals surface area contributed by atoms with Crippen LogP contribution in [0, 0.1) is 6.92 Å². The van der Waals surface area contributed by atoms with Crippen LogP contribution in [0.3, 0.4) is 0 Å². The maximum Gasteiger partial charge on any atom is 0.120 e. The molecule has 0 heterocycles. The third kappa shape index (κ3) is 4.08. The van der Waals surface area contributed by atoms with E-state index < -0.39 is 0 Å². The molecule has 0 bridgehead atoms. The van der Waals surface area contributed by atoms with Crippen LogP contribution in [-0.2, 0) is 6.54 Å². The maximum absolute atomic E-state index is 10.0. The minimum absolute atomic E-state index is 0.121. The van der Waals surface area contributed by atoms with Gasteiger partial charge in [-0.1, -0.05) is 50.2 Å². The molecule has 0 saturated carbocycles. The highest BCUT2D eigenvalue weighted by molar-refractivity contribution is 5.38. The van der Waals surface area contributed by atoms with Crippen molar-refractivity contribution in [2.24, 2.45) is 0 Å². The number of phenols is 1. The van der Waals surface area contributed by atoms with Gasteiger partial charge in [-0.25, -0.2) is 0 Å². The van der Waals surface area contributed by atoms with E-state index in [0.29, 0.717) is 11.7 Å². The molecular formula is C19H25NO. The van der Waals surface area contributed by atoms with Crippen molar-refractivity contribution in [3.63, 3.8) is 0 Å². The number of rotatable bonds is 5. The Hall–Kier alpha value is -1.80. The van der Waals surface area contributed by atoms with Crippen molar-refractivity contribution < 1.29 is 5.11 Å². The van der Waals surface area contributed by atoms with E-state index >= 15 is 0 Å². The lowest BCUT2D eigenvalue weighted by atomic mass is 10.0. The predicted molar refractivity (Wildman–Crippen MR) is 88.6 cm³/mol. The van der Waals surface area contributed by atoms with Gasteiger partial charge < -0.3 is 10.4 Å². The number of aryl methyl sites for hydroxylation is 1. The summed E-state index contributed by atoms with van der Waals surface area (Å²) in [6.07, 6.45) is 0. The Labute approximate surface area is 127 Å². The molecule has 0 radical (unpaired) electrons. The Bertz CT molecular complexity index is 587. The Morgan fingerprint density at radius 3 is 2.24 bits per heavy atom. The van der Waals surface area contributed by atoms with Crippen molar-refractivity contribution in [3.8, 4) is 5.75 Å². The smallest absolute Gasteiger partial charge is 0.120 e. The lowest BCUT2D eigenvalue weighted by molar-refractivity contribution is 0.452. The van der Waals surface area contributed by atoms with Gasteiger partial charge in [0.25, 0.3) is 0 Å². The molecule has 21 heavy (non-hydrogen) atoms. The van der Waals surface area contributed by atoms with Gasteiger partial charge in [-0.15, -0.1) is 0 Å². The monoisotopic (exact) mass is 283 g/mol. The summed E-state index contributed by atoms with van der Waals surface area (Å²) in [5, 5.41) is 13.5. The number of aromatic hydroxyl groups is 1. The molecule has 0 aliphatic carbocycles. The average molecular weight is 283 g/mol. The molecule has 0 aliphatic rings. The first-order valence-electron chi connectivity index (χ1n) is 7.59. The summed E-state index contributed by atoms with van der Waals surface area (Å²) in [5.41, 5.74) is 4.65. The lowest BCUT2D eigenvalue weighted by Gasteiger charge is -2.16. The van der Waals surface area contributed by atoms with Crippen LogP contribution >= 0.6 is 0 Å². The molecule has 2 N–H and O–H groups in total. The minimum Gasteiger partial charge on any atom is -0.508 e. The van der Waals surface area contributed by atoms with Crippen LogP contribution in [0.25, 0.3) is 0 Å². The summed E-state index contributed by atoms with van der Waals surface area (Å²) in [6.45, 7) is 9.27. The fourth-order valence-electron chi connectivity index (χ4n) is 2.42. The van der Waals surface area contributed by atoms with E-state index in [2.05, 4.69) is 50.4 Å². The van der Waals surface area contributed by atoms with Crippen molar-refractivity contribution in [1.82, 2.24) is 5.32 Å². The van der Waals surface area contributed by atoms with E-state index in [4.69, 9.17) is 0 Å². The fourth-order valence-corrected chi connectivity index (χ4v) is 2.42. The highest BCUT2D eigenvalue weighted by Gasteiger charge is 2.10. The minimum atomic E-state index is 0.121. The summed E-state index contributed by atoms with van der Waals surface area (Å²) in [7, 11) is 0. The van der Waals surface area contributed by atoms with Crippen LogP contribution in [0.4, 0.5) is 0 Å². The molecule has 1 atom stereocenters. The van der Waals surface area contributed by atoms with Crippen molar-refractivity contribution in [3.05, 3.63) is 64.7 Å². The van der Waals surface area contributed by atoms with Gasteiger partial charge in [-0.2, -0.15) is 0 Å². The van der Waals surface area contributed by atoms with Gasteiger partial charge in [0.05, 0.1) is 0 Å². The number of hydrogen-bond donors (Lipinski definition) is 2. The van der Waals surface area contributed by atoms with Crippen LogP contribution in [0.15, 0.2) is 42.5 Å². The molecule has 0 aromatic heterocycles. The number of phenolic OH excluding ortho intramolecular Hbond substituents is 1. The Morgan fingerprint density at radius 1 is 1.00 bits per heavy atom. The third-order valence-corrected chi connectivity index (χ3v) is 3.91. The van der Waals surface area contributed by atoms with Crippen molar-refractivity contribution in [2.45, 2.75) is 46.2 Å². The van der Waals surface area contributed by atoms with Gasteiger partial charge in [-0.3, -0.25) is 0 Å². The summed E-state index contributed by atoms with van der Waals surface area (Å²) in [5.74, 6) is 0.931. The Balaban J connectivity index is 1.98. The van der Waals surface area contributed by atoms with Crippen LogP contribution in [-0.4, -0.2) is 5.11 Å². The lowest BCUT2D eigenvalue weighted by Crippen LogP contribution is -2.18. The van der Waals surface area contributed by atoms with E-state index in [1.165, 1.54) is 11.1 Å². The molecule has 0 amide bonds. The molecule has 0 aliphatic heterocycles. The average Bonchev–Trinajstić information content (AvgIpc) is 2.45. The molecule has 2 aromatic rings. The largest absolute Gasteiger partial charge is 0.508 e. The van der Waals surface area contributed by atoms with Gasteiger partial charge in [-0.05, 0) is 42.5 Å². The second-order valence-corrected chi connectivity index (χ2v) is 6.06. The SMILES string of the molecule is Cc1ccc(C(C)NCc2ccc(C(C)C)cc2)c(O)c1. The Kier molecular flexibility index (Phi) is 5.03. The first kappa shape index (κ1) is 15.6. The number of benzene rings is 2. The first-order valence-corrected chi connectivity index (χ1v) is 7.59. The molecule has 2 nitrogen and oxygen atoms in total. The van der Waals surface area contributed by atoms with Gasteiger partial charge in [0.15, 0.2) is 0 Å². The summed E-state index contributed by atoms with van der Waals surface area (Å²) in [6, 6.07) is 14.7. The van der Waals surface area contributed by atoms with E-state index in [0.717, 1.165) is 17.7 Å². The first-order chi connectivity index (χ1) is 9.97. The fraction of sp³-hybridized carbons (Fsp3) is 0.368. The molecule has 112 valence electrons. The molecule has 2 heteroatoms. The topological polar surface area (TPSA) is 32.3 Å². The van der Waals surface area contributed by atoms with E-state index in [-0.39, 0.29) is 6.04 Å². The zero-order chi connectivity index (χ0) is 15.4. The highest BCUT2D eigenvalue weighted by atomic mass is 16.3. The van der Waals surface area contributed by atoms with Gasteiger partial charge >= 0.3 is 0 Å². The van der Waals surface area contributed by atoms with E-state index in [9.17, 15) is 5.11 Å². The maximum atomic E-state index is 10.0. The number of hydrogen-bond acceptors (Lipinski definition) is 2. The van der Waals surface area contributed by atoms with Gasteiger partial charge in [0.1, 0.15) is 5.75 Å². The van der Waals surface area contributed by atoms with Crippen molar-refractivity contribution in [1.29, 1.82) is 0 Å². The molecular weight excluding hydrogens is 258 g/mol. The van der Waals surface area contributed by atoms with E-state index in [1.54, 1.807) is 0 Å². The van der Waals surface area contributed by atoms with Gasteiger partial charge in [0, 0.05) is 18.2 Å². The van der Waals surface area contributed by atoms with Crippen molar-refractivity contribution in [2.75, 3.05) is 0 Å². The molecule has 2 rings (SSSR count). The normalized spacial score (nSPS) is 12.6. The number of nitrogens with one attached hydrogen (secondary N) is 1. The Morgan fingerprint density at radius 2 is 1.67 bits per heavy atom. The standard InChI is InChI=1S/C19H25NO/c1-13(2)17-8-6-16(7-9-17)12-20-15(4)18-10-5-14(3)11-19(18)21/h5-11,13,15,20-21H,12H2,1-4H3. The van der Waals surface area contributed by atoms with Crippen LogP contribution in [0.5, 0.6) is 5.75 Å². The summed E-state index contributed by atoms with van der Waals surface area (Å²) in [4.78, 5) is 0. The van der Waals surface area contributed by atoms with E-state index in [1.807, 2.05) is 25.1 Å². The molecule has 1 unspecified atom stereocenters. The second kappa shape index (κ2) is 6.77. The highest BCUT2D eigenvalue weighted by Crippen LogP contribution is 2.25. The zero-order valence-electron chi connectivity index (χ0n) is 13.4. The zero-order valence-corrected chi connectivity index (χ0v) is 13.4. The van der Waals surface area contributed by atoms with Crippen LogP contribution in [0.1, 0.15) is 55.0 Å². The quantitative estimate of drug-likeness (QED) is 0.835. The molecule has 0 fully saturated rings. The van der Waals surface area contributed by atoms with Crippen molar-refractivity contribution >= 4 is 0 Å². The van der Waals surface area contributed by atoms with Crippen LogP contribution < -0.4 is 5.32 Å². The summed E-state index contributed by atoms with van der Waals surface area (Å²) < 4.78 is 0. The van der Waals surface area contributed by atoms with Crippen LogP contribution in [0.2, 0.25) is 0 Å².